The predicted molar refractivity (Wildman–Crippen MR) is 67.6 cm³/mol. The van der Waals surface area contributed by atoms with Crippen LogP contribution in [0.15, 0.2) is 0 Å². The fourth-order valence-corrected chi connectivity index (χ4v) is 3.15. The van der Waals surface area contributed by atoms with Gasteiger partial charge in [-0.25, -0.2) is 0 Å². The van der Waals surface area contributed by atoms with Gasteiger partial charge in [0.2, 0.25) is 0 Å². The number of hydrogen-bond donors (Lipinski definition) is 1. The third-order valence-corrected chi connectivity index (χ3v) is 4.58. The third kappa shape index (κ3) is 2.98. The molecule has 0 aromatic heterocycles. The molecule has 0 amide bonds. The topological polar surface area (TPSA) is 21.3 Å². The van der Waals surface area contributed by atoms with E-state index in [-0.39, 0.29) is 0 Å². The van der Waals surface area contributed by atoms with Gasteiger partial charge < -0.3 is 10.1 Å². The Kier molecular flexibility index (Phi) is 3.91. The Morgan fingerprint density at radius 1 is 1.19 bits per heavy atom. The monoisotopic (exact) mass is 225 g/mol. The molecule has 2 aliphatic rings. The summed E-state index contributed by atoms with van der Waals surface area (Å²) in [6, 6.07) is 0.745. The zero-order valence-corrected chi connectivity index (χ0v) is 11.1. The zero-order valence-electron chi connectivity index (χ0n) is 11.1. The maximum absolute atomic E-state index is 5.58. The van der Waals surface area contributed by atoms with Gasteiger partial charge in [-0.15, -0.1) is 0 Å². The lowest BCUT2D eigenvalue weighted by molar-refractivity contribution is -0.0101. The van der Waals surface area contributed by atoms with E-state index in [0.717, 1.165) is 31.1 Å². The molecule has 3 unspecified atom stereocenters. The Labute approximate surface area is 100 Å². The second-order valence-electron chi connectivity index (χ2n) is 6.28. The largest absolute Gasteiger partial charge is 0.381 e. The van der Waals surface area contributed by atoms with Crippen molar-refractivity contribution in [3.8, 4) is 0 Å². The van der Waals surface area contributed by atoms with Crippen LogP contribution in [-0.4, -0.2) is 24.8 Å². The Morgan fingerprint density at radius 2 is 2.00 bits per heavy atom. The molecule has 3 atom stereocenters. The van der Waals surface area contributed by atoms with Crippen molar-refractivity contribution in [1.29, 1.82) is 0 Å². The maximum atomic E-state index is 5.58. The molecule has 1 saturated heterocycles. The van der Waals surface area contributed by atoms with E-state index in [1.54, 1.807) is 0 Å². The Balaban J connectivity index is 1.85. The van der Waals surface area contributed by atoms with Crippen LogP contribution in [0.25, 0.3) is 0 Å². The number of nitrogens with one attached hydrogen (secondary N) is 1. The van der Waals surface area contributed by atoms with Gasteiger partial charge in [-0.3, -0.25) is 0 Å². The lowest BCUT2D eigenvalue weighted by Gasteiger charge is -2.42. The van der Waals surface area contributed by atoms with Crippen LogP contribution in [0.1, 0.15) is 52.9 Å². The molecule has 2 fully saturated rings. The van der Waals surface area contributed by atoms with Gasteiger partial charge >= 0.3 is 0 Å². The maximum Gasteiger partial charge on any atom is 0.0496 e. The second kappa shape index (κ2) is 5.05. The van der Waals surface area contributed by atoms with Gasteiger partial charge in [0, 0.05) is 24.8 Å². The van der Waals surface area contributed by atoms with Gasteiger partial charge in [-0.1, -0.05) is 6.92 Å². The summed E-state index contributed by atoms with van der Waals surface area (Å²) in [5.41, 5.74) is 0.308. The average molecular weight is 225 g/mol. The van der Waals surface area contributed by atoms with Crippen LogP contribution >= 0.6 is 0 Å². The van der Waals surface area contributed by atoms with Gasteiger partial charge in [0.25, 0.3) is 0 Å². The first kappa shape index (κ1) is 12.4. The molecule has 2 nitrogen and oxygen atoms in total. The minimum atomic E-state index is 0.308. The van der Waals surface area contributed by atoms with Crippen LogP contribution in [0.2, 0.25) is 0 Å². The van der Waals surface area contributed by atoms with Gasteiger partial charge in [-0.2, -0.15) is 0 Å². The summed E-state index contributed by atoms with van der Waals surface area (Å²) in [7, 11) is 0. The van der Waals surface area contributed by atoms with Crippen LogP contribution in [-0.2, 0) is 4.74 Å². The van der Waals surface area contributed by atoms with E-state index in [4.69, 9.17) is 4.74 Å². The van der Waals surface area contributed by atoms with Gasteiger partial charge in [0.15, 0.2) is 0 Å². The van der Waals surface area contributed by atoms with E-state index >= 15 is 0 Å². The first-order chi connectivity index (χ1) is 7.61. The Morgan fingerprint density at radius 3 is 2.75 bits per heavy atom. The first-order valence-corrected chi connectivity index (χ1v) is 6.96. The summed E-state index contributed by atoms with van der Waals surface area (Å²) in [6.45, 7) is 8.93. The first-order valence-electron chi connectivity index (χ1n) is 6.96. The van der Waals surface area contributed by atoms with E-state index in [2.05, 4.69) is 26.1 Å². The van der Waals surface area contributed by atoms with E-state index in [0.29, 0.717) is 5.54 Å². The predicted octanol–water partition coefficient (Wildman–Crippen LogP) is 2.97. The smallest absolute Gasteiger partial charge is 0.0496 e. The number of ether oxygens (including phenoxy) is 1. The van der Waals surface area contributed by atoms with Crippen molar-refractivity contribution in [2.75, 3.05) is 13.2 Å². The summed E-state index contributed by atoms with van der Waals surface area (Å²) in [4.78, 5) is 0. The summed E-state index contributed by atoms with van der Waals surface area (Å²) in [5.74, 6) is 1.78. The summed E-state index contributed by atoms with van der Waals surface area (Å²) in [5, 5.41) is 3.84. The second-order valence-corrected chi connectivity index (χ2v) is 6.28. The molecule has 94 valence electrons. The van der Waals surface area contributed by atoms with Crippen LogP contribution < -0.4 is 5.32 Å². The molecule has 0 spiro atoms. The molecule has 1 N–H and O–H groups in total. The lowest BCUT2D eigenvalue weighted by Crippen LogP contribution is -2.49. The number of hydrogen-bond acceptors (Lipinski definition) is 2. The number of fused-ring (bicyclic) bond motifs is 1. The molecule has 1 heterocycles. The van der Waals surface area contributed by atoms with E-state index < -0.39 is 0 Å². The molecular formula is C14H27NO. The quantitative estimate of drug-likeness (QED) is 0.797. The molecule has 1 aliphatic heterocycles. The summed E-state index contributed by atoms with van der Waals surface area (Å²) >= 11 is 0. The van der Waals surface area contributed by atoms with Gasteiger partial charge in [0.05, 0.1) is 0 Å². The molecule has 16 heavy (non-hydrogen) atoms. The SMILES string of the molecule is CCC(C)(C)NC1CCC2COCCC2C1. The molecule has 0 aromatic carbocycles. The summed E-state index contributed by atoms with van der Waals surface area (Å²) in [6.07, 6.45) is 6.57. The van der Waals surface area contributed by atoms with E-state index in [1.807, 2.05) is 0 Å². The molecule has 1 saturated carbocycles. The molecular weight excluding hydrogens is 198 g/mol. The minimum Gasteiger partial charge on any atom is -0.381 e. The van der Waals surface area contributed by atoms with Crippen LogP contribution in [0.4, 0.5) is 0 Å². The Bertz CT molecular complexity index is 227. The fraction of sp³-hybridized carbons (Fsp3) is 1.00. The van der Waals surface area contributed by atoms with Crippen molar-refractivity contribution in [2.24, 2.45) is 11.8 Å². The van der Waals surface area contributed by atoms with Crippen LogP contribution in [0, 0.1) is 11.8 Å². The highest BCUT2D eigenvalue weighted by atomic mass is 16.5. The van der Waals surface area contributed by atoms with Crippen molar-refractivity contribution < 1.29 is 4.74 Å². The van der Waals surface area contributed by atoms with Crippen molar-refractivity contribution in [3.05, 3.63) is 0 Å². The van der Waals surface area contributed by atoms with Gasteiger partial charge in [-0.05, 0) is 57.8 Å². The van der Waals surface area contributed by atoms with Gasteiger partial charge in [0.1, 0.15) is 0 Å². The van der Waals surface area contributed by atoms with E-state index in [9.17, 15) is 0 Å². The van der Waals surface area contributed by atoms with E-state index in [1.165, 1.54) is 32.1 Å². The molecule has 0 bridgehead atoms. The highest BCUT2D eigenvalue weighted by molar-refractivity contribution is 4.89. The zero-order chi connectivity index (χ0) is 11.6. The molecule has 2 rings (SSSR count). The van der Waals surface area contributed by atoms with Crippen molar-refractivity contribution in [2.45, 2.75) is 64.5 Å². The Hall–Kier alpha value is -0.0800. The molecule has 0 radical (unpaired) electrons. The highest BCUT2D eigenvalue weighted by Gasteiger charge is 2.34. The van der Waals surface area contributed by atoms with Crippen molar-refractivity contribution in [3.63, 3.8) is 0 Å². The fourth-order valence-electron chi connectivity index (χ4n) is 3.15. The molecule has 2 heteroatoms. The molecule has 0 aromatic rings. The number of rotatable bonds is 3. The third-order valence-electron chi connectivity index (χ3n) is 4.58. The van der Waals surface area contributed by atoms with Crippen LogP contribution in [0.5, 0.6) is 0 Å². The van der Waals surface area contributed by atoms with Crippen molar-refractivity contribution in [1.82, 2.24) is 5.32 Å². The normalized spacial score (nSPS) is 35.8. The molecule has 1 aliphatic carbocycles. The minimum absolute atomic E-state index is 0.308. The summed E-state index contributed by atoms with van der Waals surface area (Å²) < 4.78 is 5.58. The highest BCUT2D eigenvalue weighted by Crippen LogP contribution is 2.36. The standard InChI is InChI=1S/C14H27NO/c1-4-14(2,3)15-13-6-5-12-10-16-8-7-11(12)9-13/h11-13,15H,4-10H2,1-3H3. The van der Waals surface area contributed by atoms with Crippen molar-refractivity contribution >= 4 is 0 Å². The average Bonchev–Trinajstić information content (AvgIpc) is 2.28. The van der Waals surface area contributed by atoms with Crippen LogP contribution in [0.3, 0.4) is 0 Å². The lowest BCUT2D eigenvalue weighted by atomic mass is 9.74.